The van der Waals surface area contributed by atoms with E-state index in [1.54, 1.807) is 4.90 Å². The summed E-state index contributed by atoms with van der Waals surface area (Å²) in [5.41, 5.74) is 7.61. The van der Waals surface area contributed by atoms with Crippen molar-refractivity contribution in [2.45, 2.75) is 45.3 Å². The van der Waals surface area contributed by atoms with Crippen molar-refractivity contribution in [1.82, 2.24) is 4.90 Å². The second-order valence-electron chi connectivity index (χ2n) is 7.67. The van der Waals surface area contributed by atoms with Crippen LogP contribution in [0.1, 0.15) is 33.6 Å². The fourth-order valence-electron chi connectivity index (χ4n) is 3.41. The van der Waals surface area contributed by atoms with E-state index in [0.29, 0.717) is 6.04 Å². The van der Waals surface area contributed by atoms with E-state index in [9.17, 15) is 4.79 Å². The van der Waals surface area contributed by atoms with Crippen LogP contribution in [0.15, 0.2) is 24.3 Å². The molecule has 1 aliphatic carbocycles. The Labute approximate surface area is 131 Å². The normalized spacial score (nSPS) is 20.2. The van der Waals surface area contributed by atoms with E-state index in [0.717, 1.165) is 37.3 Å². The molecule has 0 radical (unpaired) electrons. The quantitative estimate of drug-likeness (QED) is 0.824. The van der Waals surface area contributed by atoms with Gasteiger partial charge < -0.3 is 20.7 Å². The minimum Gasteiger partial charge on any atom is -0.444 e. The van der Waals surface area contributed by atoms with Gasteiger partial charge in [-0.25, -0.2) is 4.79 Å². The zero-order valence-electron chi connectivity index (χ0n) is 13.6. The summed E-state index contributed by atoms with van der Waals surface area (Å²) in [7, 11) is 0. The van der Waals surface area contributed by atoms with Crippen molar-refractivity contribution in [3.63, 3.8) is 0 Å². The van der Waals surface area contributed by atoms with Gasteiger partial charge in [0.25, 0.3) is 0 Å². The lowest BCUT2D eigenvalue weighted by molar-refractivity contribution is -0.0738. The first-order valence-corrected chi connectivity index (χ1v) is 7.85. The lowest BCUT2D eigenvalue weighted by atomic mass is 9.60. The zero-order valence-corrected chi connectivity index (χ0v) is 13.6. The van der Waals surface area contributed by atoms with Crippen LogP contribution in [-0.4, -0.2) is 35.7 Å². The monoisotopic (exact) mass is 303 g/mol. The third-order valence-electron chi connectivity index (χ3n) is 4.38. The number of nitrogen functional groups attached to an aromatic ring is 1. The van der Waals surface area contributed by atoms with Gasteiger partial charge in [0.1, 0.15) is 5.60 Å². The Morgan fingerprint density at radius 3 is 2.55 bits per heavy atom. The van der Waals surface area contributed by atoms with Crippen molar-refractivity contribution in [2.75, 3.05) is 24.1 Å². The summed E-state index contributed by atoms with van der Waals surface area (Å²) in [4.78, 5) is 13.8. The van der Waals surface area contributed by atoms with Gasteiger partial charge in [-0.1, -0.05) is 12.1 Å². The van der Waals surface area contributed by atoms with Gasteiger partial charge >= 0.3 is 6.09 Å². The number of ether oxygens (including phenoxy) is 1. The maximum Gasteiger partial charge on any atom is 0.410 e. The predicted octanol–water partition coefficient (Wildman–Crippen LogP) is 3.08. The number of benzene rings is 1. The number of amides is 1. The molecule has 0 atom stereocenters. The van der Waals surface area contributed by atoms with Gasteiger partial charge in [-0.3, -0.25) is 0 Å². The number of likely N-dealkylation sites (tertiary alicyclic amines) is 1. The van der Waals surface area contributed by atoms with E-state index in [1.807, 2.05) is 45.0 Å². The molecule has 3 N–H and O–H groups in total. The maximum absolute atomic E-state index is 12.0. The van der Waals surface area contributed by atoms with Crippen LogP contribution in [-0.2, 0) is 4.74 Å². The molecule has 2 fully saturated rings. The van der Waals surface area contributed by atoms with Gasteiger partial charge in [-0.2, -0.15) is 0 Å². The molecule has 1 amide bonds. The molecular weight excluding hydrogens is 278 g/mol. The molecule has 1 spiro atoms. The molecule has 0 unspecified atom stereocenters. The lowest BCUT2D eigenvalue weighted by Crippen LogP contribution is -2.66. The summed E-state index contributed by atoms with van der Waals surface area (Å²) >= 11 is 0. The van der Waals surface area contributed by atoms with Gasteiger partial charge in [0.2, 0.25) is 0 Å². The van der Waals surface area contributed by atoms with Crippen LogP contribution in [0, 0.1) is 5.41 Å². The topological polar surface area (TPSA) is 67.6 Å². The third-order valence-corrected chi connectivity index (χ3v) is 4.38. The van der Waals surface area contributed by atoms with Gasteiger partial charge in [-0.15, -0.1) is 0 Å². The molecule has 1 aliphatic heterocycles. The molecule has 22 heavy (non-hydrogen) atoms. The van der Waals surface area contributed by atoms with E-state index < -0.39 is 5.60 Å². The second kappa shape index (κ2) is 5.07. The van der Waals surface area contributed by atoms with Crippen molar-refractivity contribution in [1.29, 1.82) is 0 Å². The molecule has 1 saturated heterocycles. The molecule has 5 heteroatoms. The molecule has 2 aliphatic rings. The average molecular weight is 303 g/mol. The summed E-state index contributed by atoms with van der Waals surface area (Å²) in [6.45, 7) is 7.31. The minimum absolute atomic E-state index is 0.193. The first-order valence-electron chi connectivity index (χ1n) is 7.85. The minimum atomic E-state index is -0.422. The van der Waals surface area contributed by atoms with Crippen LogP contribution in [0.5, 0.6) is 0 Å². The number of carbonyl (C=O) groups excluding carboxylic acids is 1. The molecular formula is C17H25N3O2. The van der Waals surface area contributed by atoms with Crippen LogP contribution in [0.4, 0.5) is 16.2 Å². The van der Waals surface area contributed by atoms with E-state index in [4.69, 9.17) is 10.5 Å². The summed E-state index contributed by atoms with van der Waals surface area (Å²) < 4.78 is 5.40. The van der Waals surface area contributed by atoms with Crippen molar-refractivity contribution >= 4 is 17.5 Å². The fraction of sp³-hybridized carbons (Fsp3) is 0.588. The highest BCUT2D eigenvalue weighted by Crippen LogP contribution is 2.49. The molecule has 1 heterocycles. The highest BCUT2D eigenvalue weighted by molar-refractivity contribution is 5.70. The Morgan fingerprint density at radius 2 is 1.95 bits per heavy atom. The Balaban J connectivity index is 1.45. The highest BCUT2D eigenvalue weighted by atomic mass is 16.6. The van der Waals surface area contributed by atoms with Gasteiger partial charge in [0.05, 0.1) is 11.4 Å². The van der Waals surface area contributed by atoms with E-state index in [-0.39, 0.29) is 11.5 Å². The number of nitrogens with zero attached hydrogens (tertiary/aromatic N) is 1. The Bertz CT molecular complexity index is 566. The van der Waals surface area contributed by atoms with Crippen molar-refractivity contribution in [3.8, 4) is 0 Å². The van der Waals surface area contributed by atoms with Gasteiger partial charge in [0.15, 0.2) is 0 Å². The molecule has 3 rings (SSSR count). The molecule has 1 aromatic carbocycles. The molecule has 1 aromatic rings. The fourth-order valence-corrected chi connectivity index (χ4v) is 3.41. The third kappa shape index (κ3) is 2.98. The summed E-state index contributed by atoms with van der Waals surface area (Å²) in [5.74, 6) is 0. The molecule has 0 bridgehead atoms. The van der Waals surface area contributed by atoms with E-state index in [1.165, 1.54) is 0 Å². The number of nitrogens with two attached hydrogens (primary N) is 1. The largest absolute Gasteiger partial charge is 0.444 e. The van der Waals surface area contributed by atoms with Crippen molar-refractivity contribution in [3.05, 3.63) is 24.3 Å². The summed E-state index contributed by atoms with van der Waals surface area (Å²) in [6, 6.07) is 8.29. The number of carbonyl (C=O) groups is 1. The number of hydrogen-bond donors (Lipinski definition) is 2. The van der Waals surface area contributed by atoms with E-state index >= 15 is 0 Å². The number of para-hydroxylation sites is 2. The van der Waals surface area contributed by atoms with Crippen molar-refractivity contribution < 1.29 is 9.53 Å². The Kier molecular flexibility index (Phi) is 3.46. The van der Waals surface area contributed by atoms with Crippen LogP contribution in [0.3, 0.4) is 0 Å². The smallest absolute Gasteiger partial charge is 0.410 e. The molecule has 5 nitrogen and oxygen atoms in total. The Morgan fingerprint density at radius 1 is 1.32 bits per heavy atom. The van der Waals surface area contributed by atoms with Crippen LogP contribution in [0.25, 0.3) is 0 Å². The van der Waals surface area contributed by atoms with Gasteiger partial charge in [-0.05, 0) is 45.7 Å². The average Bonchev–Trinajstić information content (AvgIpc) is 2.30. The summed E-state index contributed by atoms with van der Waals surface area (Å²) in [5, 5.41) is 3.49. The first kappa shape index (κ1) is 15.0. The Hall–Kier alpha value is -1.91. The molecule has 120 valence electrons. The number of nitrogens with one attached hydrogen (secondary N) is 1. The predicted molar refractivity (Wildman–Crippen MR) is 87.7 cm³/mol. The van der Waals surface area contributed by atoms with Gasteiger partial charge in [0, 0.05) is 24.5 Å². The van der Waals surface area contributed by atoms with Crippen LogP contribution >= 0.6 is 0 Å². The first-order chi connectivity index (χ1) is 10.3. The number of hydrogen-bond acceptors (Lipinski definition) is 4. The SMILES string of the molecule is CC(C)(C)OC(=O)N1CC2(CC(Nc3ccccc3N)C2)C1. The highest BCUT2D eigenvalue weighted by Gasteiger charge is 2.54. The lowest BCUT2D eigenvalue weighted by Gasteiger charge is -2.58. The number of rotatable bonds is 2. The zero-order chi connectivity index (χ0) is 16.0. The van der Waals surface area contributed by atoms with Crippen LogP contribution < -0.4 is 11.1 Å². The standard InChI is InChI=1S/C17H25N3O2/c1-16(2,3)22-15(21)20-10-17(11-20)8-12(9-17)19-14-7-5-4-6-13(14)18/h4-7,12,19H,8-11,18H2,1-3H3. The molecule has 0 aromatic heterocycles. The maximum atomic E-state index is 12.0. The summed E-state index contributed by atoms with van der Waals surface area (Å²) in [6.07, 6.45) is 1.98. The van der Waals surface area contributed by atoms with Crippen LogP contribution in [0.2, 0.25) is 0 Å². The molecule has 1 saturated carbocycles. The second-order valence-corrected chi connectivity index (χ2v) is 7.67. The number of anilines is 2. The van der Waals surface area contributed by atoms with E-state index in [2.05, 4.69) is 5.32 Å². The van der Waals surface area contributed by atoms with Crippen molar-refractivity contribution in [2.24, 2.45) is 5.41 Å².